The first kappa shape index (κ1) is 15.7. The molecule has 1 aliphatic heterocycles. The van der Waals surface area contributed by atoms with Gasteiger partial charge in [-0.1, -0.05) is 0 Å². The first-order chi connectivity index (χ1) is 8.43. The Morgan fingerprint density at radius 2 is 1.95 bits per heavy atom. The lowest BCUT2D eigenvalue weighted by Gasteiger charge is -2.29. The average Bonchev–Trinajstić information content (AvgIpc) is 2.35. The van der Waals surface area contributed by atoms with Gasteiger partial charge in [-0.15, -0.1) is 0 Å². The summed E-state index contributed by atoms with van der Waals surface area (Å²) in [5.41, 5.74) is -1.69. The van der Waals surface area contributed by atoms with E-state index in [0.717, 1.165) is 0 Å². The molecule has 0 saturated carbocycles. The van der Waals surface area contributed by atoms with E-state index in [2.05, 4.69) is 10.6 Å². The van der Waals surface area contributed by atoms with Crippen molar-refractivity contribution in [3.8, 4) is 0 Å². The van der Waals surface area contributed by atoms with E-state index < -0.39 is 32.9 Å². The molecule has 1 fully saturated rings. The van der Waals surface area contributed by atoms with Gasteiger partial charge < -0.3 is 15.7 Å². The molecule has 1 aliphatic rings. The standard InChI is InChI=1S/C11H20N2O5S/c1-10(2,6-8(14)15)12-9(16)13-11(3)4-5-19(17,18)7-11/h4-7H2,1-3H3,(H,14,15)(H2,12,13,16). The van der Waals surface area contributed by atoms with Gasteiger partial charge in [-0.25, -0.2) is 13.2 Å². The zero-order chi connectivity index (χ0) is 14.9. The van der Waals surface area contributed by atoms with Crippen molar-refractivity contribution in [1.29, 1.82) is 0 Å². The van der Waals surface area contributed by atoms with Crippen LogP contribution in [0.2, 0.25) is 0 Å². The van der Waals surface area contributed by atoms with E-state index in [-0.39, 0.29) is 17.9 Å². The Morgan fingerprint density at radius 1 is 1.37 bits per heavy atom. The number of hydrogen-bond donors (Lipinski definition) is 3. The molecule has 0 bridgehead atoms. The summed E-state index contributed by atoms with van der Waals surface area (Å²) < 4.78 is 22.8. The van der Waals surface area contributed by atoms with Crippen molar-refractivity contribution < 1.29 is 23.1 Å². The molecular weight excluding hydrogens is 272 g/mol. The molecule has 1 unspecified atom stereocenters. The predicted molar refractivity (Wildman–Crippen MR) is 69.7 cm³/mol. The molecule has 0 aromatic heterocycles. The summed E-state index contributed by atoms with van der Waals surface area (Å²) in [5, 5.41) is 13.9. The number of carboxylic acid groups (broad SMARTS) is 1. The zero-order valence-corrected chi connectivity index (χ0v) is 12.1. The van der Waals surface area contributed by atoms with Crippen molar-refractivity contribution in [2.75, 3.05) is 11.5 Å². The molecule has 1 saturated heterocycles. The Hall–Kier alpha value is -1.31. The summed E-state index contributed by atoms with van der Waals surface area (Å²) in [6.45, 7) is 4.85. The van der Waals surface area contributed by atoms with Crippen molar-refractivity contribution >= 4 is 21.8 Å². The van der Waals surface area contributed by atoms with Gasteiger partial charge in [0, 0.05) is 5.54 Å². The second-order valence-corrected chi connectivity index (χ2v) is 8.12. The monoisotopic (exact) mass is 292 g/mol. The van der Waals surface area contributed by atoms with Crippen LogP contribution in [-0.4, -0.2) is 48.1 Å². The summed E-state index contributed by atoms with van der Waals surface area (Å²) >= 11 is 0. The third-order valence-corrected chi connectivity index (χ3v) is 4.87. The van der Waals surface area contributed by atoms with Gasteiger partial charge in [-0.3, -0.25) is 4.79 Å². The van der Waals surface area contributed by atoms with Gasteiger partial charge in [0.25, 0.3) is 0 Å². The highest BCUT2D eigenvalue weighted by Crippen LogP contribution is 2.22. The Morgan fingerprint density at radius 3 is 2.37 bits per heavy atom. The number of hydrogen-bond acceptors (Lipinski definition) is 4. The minimum Gasteiger partial charge on any atom is -0.481 e. The molecule has 1 rings (SSSR count). The van der Waals surface area contributed by atoms with E-state index in [4.69, 9.17) is 5.11 Å². The van der Waals surface area contributed by atoms with Crippen molar-refractivity contribution in [3.05, 3.63) is 0 Å². The molecule has 3 N–H and O–H groups in total. The Labute approximate surface area is 112 Å². The van der Waals surface area contributed by atoms with Crippen molar-refractivity contribution in [2.45, 2.75) is 44.7 Å². The molecule has 1 heterocycles. The number of nitrogens with one attached hydrogen (secondary N) is 2. The minimum atomic E-state index is -3.10. The van der Waals surface area contributed by atoms with Gasteiger partial charge in [-0.2, -0.15) is 0 Å². The van der Waals surface area contributed by atoms with Gasteiger partial charge in [0.1, 0.15) is 0 Å². The van der Waals surface area contributed by atoms with Gasteiger partial charge in [0.2, 0.25) is 0 Å². The number of urea groups is 1. The lowest BCUT2D eigenvalue weighted by Crippen LogP contribution is -2.56. The largest absolute Gasteiger partial charge is 0.481 e. The molecule has 1 atom stereocenters. The summed E-state index contributed by atoms with van der Waals surface area (Å²) in [4.78, 5) is 22.4. The normalized spacial score (nSPS) is 25.8. The van der Waals surface area contributed by atoms with Crippen LogP contribution in [0, 0.1) is 0 Å². The topological polar surface area (TPSA) is 113 Å². The second-order valence-electron chi connectivity index (χ2n) is 5.94. The highest BCUT2D eigenvalue weighted by molar-refractivity contribution is 7.91. The summed E-state index contributed by atoms with van der Waals surface area (Å²) in [5.74, 6) is -1.05. The van der Waals surface area contributed by atoms with Crippen LogP contribution in [0.5, 0.6) is 0 Å². The Balaban J connectivity index is 2.59. The molecule has 0 radical (unpaired) electrons. The van der Waals surface area contributed by atoms with E-state index in [1.165, 1.54) is 0 Å². The third kappa shape index (κ3) is 5.06. The molecule has 0 aliphatic carbocycles. The fourth-order valence-corrected chi connectivity index (χ4v) is 4.24. The second kappa shape index (κ2) is 4.99. The highest BCUT2D eigenvalue weighted by atomic mass is 32.2. The maximum atomic E-state index is 11.8. The molecule has 8 heteroatoms. The smallest absolute Gasteiger partial charge is 0.315 e. The molecule has 19 heavy (non-hydrogen) atoms. The van der Waals surface area contributed by atoms with Crippen molar-refractivity contribution in [1.82, 2.24) is 10.6 Å². The van der Waals surface area contributed by atoms with Gasteiger partial charge in [-0.05, 0) is 27.2 Å². The lowest BCUT2D eigenvalue weighted by atomic mass is 10.0. The number of aliphatic carboxylic acids is 1. The van der Waals surface area contributed by atoms with E-state index >= 15 is 0 Å². The van der Waals surface area contributed by atoms with Gasteiger partial charge >= 0.3 is 12.0 Å². The molecule has 110 valence electrons. The lowest BCUT2D eigenvalue weighted by molar-refractivity contribution is -0.138. The fourth-order valence-electron chi connectivity index (χ4n) is 2.14. The van der Waals surface area contributed by atoms with Crippen LogP contribution >= 0.6 is 0 Å². The van der Waals surface area contributed by atoms with E-state index in [9.17, 15) is 18.0 Å². The zero-order valence-electron chi connectivity index (χ0n) is 11.3. The third-order valence-electron chi connectivity index (χ3n) is 2.96. The van der Waals surface area contributed by atoms with Crippen LogP contribution in [0.3, 0.4) is 0 Å². The number of carbonyl (C=O) groups excluding carboxylic acids is 1. The Bertz CT molecular complexity index is 485. The first-order valence-corrected chi connectivity index (χ1v) is 7.78. The number of carboxylic acids is 1. The van der Waals surface area contributed by atoms with Crippen LogP contribution in [0.15, 0.2) is 0 Å². The predicted octanol–water partition coefficient (Wildman–Crippen LogP) is 0.116. The fraction of sp³-hybridized carbons (Fsp3) is 0.818. The van der Waals surface area contributed by atoms with E-state index in [0.29, 0.717) is 6.42 Å². The number of sulfone groups is 1. The first-order valence-electron chi connectivity index (χ1n) is 5.96. The van der Waals surface area contributed by atoms with Gasteiger partial charge in [0.15, 0.2) is 9.84 Å². The number of rotatable bonds is 4. The SMILES string of the molecule is CC(C)(CC(=O)O)NC(=O)NC1(C)CCS(=O)(=O)C1. The molecular formula is C11H20N2O5S. The minimum absolute atomic E-state index is 0.0578. The molecule has 0 aromatic rings. The van der Waals surface area contributed by atoms with E-state index in [1.807, 2.05) is 0 Å². The number of carbonyl (C=O) groups is 2. The van der Waals surface area contributed by atoms with Crippen LogP contribution in [0.25, 0.3) is 0 Å². The summed E-state index contributed by atoms with van der Waals surface area (Å²) in [6, 6.07) is -0.550. The summed E-state index contributed by atoms with van der Waals surface area (Å²) in [7, 11) is -3.10. The maximum Gasteiger partial charge on any atom is 0.315 e. The van der Waals surface area contributed by atoms with Crippen molar-refractivity contribution in [2.24, 2.45) is 0 Å². The number of amides is 2. The molecule has 7 nitrogen and oxygen atoms in total. The Kier molecular flexibility index (Phi) is 4.14. The molecule has 2 amide bonds. The molecule has 0 spiro atoms. The van der Waals surface area contributed by atoms with Crippen LogP contribution in [-0.2, 0) is 14.6 Å². The van der Waals surface area contributed by atoms with E-state index in [1.54, 1.807) is 20.8 Å². The summed E-state index contributed by atoms with van der Waals surface area (Å²) in [6.07, 6.45) is 0.150. The van der Waals surface area contributed by atoms with Crippen LogP contribution in [0.1, 0.15) is 33.6 Å². The van der Waals surface area contributed by atoms with Crippen LogP contribution < -0.4 is 10.6 Å². The quantitative estimate of drug-likeness (QED) is 0.681. The molecule has 0 aromatic carbocycles. The van der Waals surface area contributed by atoms with Gasteiger partial charge in [0.05, 0.1) is 23.5 Å². The van der Waals surface area contributed by atoms with Crippen molar-refractivity contribution in [3.63, 3.8) is 0 Å². The highest BCUT2D eigenvalue weighted by Gasteiger charge is 2.40. The van der Waals surface area contributed by atoms with Crippen LogP contribution in [0.4, 0.5) is 4.79 Å². The average molecular weight is 292 g/mol. The maximum absolute atomic E-state index is 11.8.